The molecule has 1 aromatic carbocycles. The Morgan fingerprint density at radius 3 is 2.42 bits per heavy atom. The van der Waals surface area contributed by atoms with Gasteiger partial charge in [-0.3, -0.25) is 14.4 Å². The fourth-order valence-corrected chi connectivity index (χ4v) is 2.10. The largest absolute Gasteiger partial charge is 0.464 e. The molecule has 0 aromatic heterocycles. The second-order valence-electron chi connectivity index (χ2n) is 4.23. The van der Waals surface area contributed by atoms with Crippen LogP contribution in [0.5, 0.6) is 0 Å². The molecule has 0 saturated carbocycles. The van der Waals surface area contributed by atoms with E-state index in [1.807, 2.05) is 0 Å². The molecule has 1 fully saturated rings. The maximum atomic E-state index is 12.0. The lowest BCUT2D eigenvalue weighted by atomic mass is 9.89. The van der Waals surface area contributed by atoms with Gasteiger partial charge in [-0.15, -0.1) is 0 Å². The molecule has 19 heavy (non-hydrogen) atoms. The molecule has 1 aromatic rings. The minimum Gasteiger partial charge on any atom is -0.464 e. The van der Waals surface area contributed by atoms with Crippen LogP contribution >= 0.6 is 0 Å². The number of amides is 3. The summed E-state index contributed by atoms with van der Waals surface area (Å²) >= 11 is 0. The molecular weight excluding hydrogens is 250 g/mol. The quantitative estimate of drug-likeness (QED) is 0.642. The third kappa shape index (κ3) is 2.37. The van der Waals surface area contributed by atoms with Crippen LogP contribution in [-0.4, -0.2) is 34.2 Å². The van der Waals surface area contributed by atoms with Crippen LogP contribution in [-0.2, 0) is 9.59 Å². The summed E-state index contributed by atoms with van der Waals surface area (Å²) in [4.78, 5) is 45.1. The number of likely N-dealkylation sites (tertiary alicyclic amines) is 1. The van der Waals surface area contributed by atoms with Gasteiger partial charge in [0.25, 0.3) is 0 Å². The highest BCUT2D eigenvalue weighted by Crippen LogP contribution is 2.29. The van der Waals surface area contributed by atoms with Crippen LogP contribution in [0.4, 0.5) is 4.79 Å². The molecule has 1 aliphatic rings. The minimum absolute atomic E-state index is 0.0120. The fourth-order valence-electron chi connectivity index (χ4n) is 2.10. The van der Waals surface area contributed by atoms with Crippen molar-refractivity contribution >= 4 is 24.2 Å². The van der Waals surface area contributed by atoms with E-state index in [1.165, 1.54) is 0 Å². The van der Waals surface area contributed by atoms with Gasteiger partial charge in [-0.2, -0.15) is 4.90 Å². The molecule has 6 heteroatoms. The first-order valence-electron chi connectivity index (χ1n) is 5.69. The zero-order valence-electron chi connectivity index (χ0n) is 9.91. The number of hydrogen-bond acceptors (Lipinski definition) is 4. The van der Waals surface area contributed by atoms with E-state index in [9.17, 15) is 19.2 Å². The summed E-state index contributed by atoms with van der Waals surface area (Å²) in [5.41, 5.74) is 1.08. The van der Waals surface area contributed by atoms with E-state index in [0.717, 1.165) is 0 Å². The van der Waals surface area contributed by atoms with Crippen molar-refractivity contribution in [3.8, 4) is 0 Å². The number of hydrogen-bond donors (Lipinski definition) is 1. The molecule has 3 amide bonds. The van der Waals surface area contributed by atoms with Gasteiger partial charge in [-0.05, 0) is 12.0 Å². The minimum atomic E-state index is -1.55. The summed E-state index contributed by atoms with van der Waals surface area (Å²) in [6.45, 7) is 0. The second-order valence-corrected chi connectivity index (χ2v) is 4.23. The highest BCUT2D eigenvalue weighted by atomic mass is 16.4. The molecule has 6 nitrogen and oxygen atoms in total. The van der Waals surface area contributed by atoms with Crippen molar-refractivity contribution in [2.24, 2.45) is 0 Å². The van der Waals surface area contributed by atoms with Gasteiger partial charge in [-0.25, -0.2) is 4.79 Å². The third-order valence-electron chi connectivity index (χ3n) is 3.08. The predicted molar refractivity (Wildman–Crippen MR) is 63.7 cm³/mol. The van der Waals surface area contributed by atoms with Gasteiger partial charge in [0.15, 0.2) is 0 Å². The van der Waals surface area contributed by atoms with Gasteiger partial charge < -0.3 is 5.11 Å². The fraction of sp³-hybridized carbons (Fsp3) is 0.231. The normalized spacial score (nSPS) is 19.4. The lowest BCUT2D eigenvalue weighted by molar-refractivity contribution is -0.146. The Morgan fingerprint density at radius 2 is 1.89 bits per heavy atom. The lowest BCUT2D eigenvalue weighted by Crippen LogP contribution is -2.47. The number of carbonyl (C=O) groups excluding carboxylic acids is 3. The van der Waals surface area contributed by atoms with Crippen LogP contribution in [0.3, 0.4) is 0 Å². The van der Waals surface area contributed by atoms with Crippen molar-refractivity contribution in [3.63, 3.8) is 0 Å². The molecule has 2 rings (SSSR count). The zero-order valence-corrected chi connectivity index (χ0v) is 9.91. The molecule has 1 heterocycles. The summed E-state index contributed by atoms with van der Waals surface area (Å²) in [7, 11) is 0. The highest BCUT2D eigenvalue weighted by Gasteiger charge is 2.39. The molecule has 1 aliphatic heterocycles. The molecule has 0 spiro atoms. The Bertz CT molecular complexity index is 549. The topological polar surface area (TPSA) is 91.8 Å². The van der Waals surface area contributed by atoms with Crippen molar-refractivity contribution in [2.45, 2.75) is 18.8 Å². The van der Waals surface area contributed by atoms with Gasteiger partial charge in [0.05, 0.1) is 5.92 Å². The molecule has 1 N–H and O–H groups in total. The smallest absolute Gasteiger partial charge is 0.421 e. The average Bonchev–Trinajstić information content (AvgIpc) is 2.39. The molecule has 1 unspecified atom stereocenters. The summed E-state index contributed by atoms with van der Waals surface area (Å²) in [5.74, 6) is -2.09. The number of aldehydes is 1. The molecule has 0 radical (unpaired) electrons. The maximum Gasteiger partial charge on any atom is 0.421 e. The van der Waals surface area contributed by atoms with Crippen LogP contribution < -0.4 is 0 Å². The molecule has 0 bridgehead atoms. The van der Waals surface area contributed by atoms with Crippen molar-refractivity contribution < 1.29 is 24.3 Å². The first kappa shape index (κ1) is 12.9. The van der Waals surface area contributed by atoms with Crippen molar-refractivity contribution in [1.29, 1.82) is 0 Å². The molecule has 1 atom stereocenters. The van der Waals surface area contributed by atoms with E-state index in [-0.39, 0.29) is 17.7 Å². The van der Waals surface area contributed by atoms with E-state index in [0.29, 0.717) is 17.4 Å². The second kappa shape index (κ2) is 5.01. The first-order chi connectivity index (χ1) is 9.04. The van der Waals surface area contributed by atoms with Crippen LogP contribution in [0.25, 0.3) is 0 Å². The number of carboxylic acid groups (broad SMARTS) is 1. The number of nitrogens with zero attached hydrogens (tertiary/aromatic N) is 1. The van der Waals surface area contributed by atoms with Crippen molar-refractivity contribution in [1.82, 2.24) is 4.90 Å². The van der Waals surface area contributed by atoms with Crippen LogP contribution in [0.15, 0.2) is 24.3 Å². The van der Waals surface area contributed by atoms with Gasteiger partial charge in [0.1, 0.15) is 6.29 Å². The highest BCUT2D eigenvalue weighted by molar-refractivity contribution is 6.11. The Kier molecular flexibility index (Phi) is 3.41. The van der Waals surface area contributed by atoms with E-state index >= 15 is 0 Å². The van der Waals surface area contributed by atoms with E-state index < -0.39 is 23.8 Å². The average molecular weight is 261 g/mol. The summed E-state index contributed by atoms with van der Waals surface area (Å²) in [5, 5.41) is 8.86. The van der Waals surface area contributed by atoms with Gasteiger partial charge in [0, 0.05) is 12.0 Å². The molecule has 1 saturated heterocycles. The summed E-state index contributed by atoms with van der Waals surface area (Å²) in [6, 6.07) is 6.30. The number of rotatable bonds is 2. The Morgan fingerprint density at radius 1 is 1.26 bits per heavy atom. The number of piperidine rings is 1. The Balaban J connectivity index is 2.29. The predicted octanol–water partition coefficient (Wildman–Crippen LogP) is 1.41. The van der Waals surface area contributed by atoms with Crippen LogP contribution in [0.2, 0.25) is 0 Å². The molecule has 0 aliphatic carbocycles. The van der Waals surface area contributed by atoms with E-state index in [2.05, 4.69) is 0 Å². The number of benzene rings is 1. The molecular formula is C13H11NO5. The third-order valence-corrected chi connectivity index (χ3v) is 3.08. The number of carbonyl (C=O) groups is 4. The van der Waals surface area contributed by atoms with E-state index in [4.69, 9.17) is 5.11 Å². The van der Waals surface area contributed by atoms with Crippen molar-refractivity contribution in [2.75, 3.05) is 0 Å². The summed E-state index contributed by atoms with van der Waals surface area (Å²) in [6.07, 6.45) is -0.580. The first-order valence-corrected chi connectivity index (χ1v) is 5.69. The van der Waals surface area contributed by atoms with Crippen LogP contribution in [0.1, 0.15) is 34.7 Å². The Hall–Kier alpha value is -2.50. The zero-order chi connectivity index (χ0) is 14.0. The monoisotopic (exact) mass is 261 g/mol. The standard InChI is InChI=1S/C13H11NO5/c15-7-8-1-3-9(4-2-8)10-5-6-11(16)14(12(10)17)13(18)19/h1-4,7,10H,5-6H2,(H,18,19). The SMILES string of the molecule is O=Cc1ccc(C2CCC(=O)N(C(=O)O)C2=O)cc1. The van der Waals surface area contributed by atoms with Gasteiger partial charge in [-0.1, -0.05) is 24.3 Å². The van der Waals surface area contributed by atoms with Gasteiger partial charge in [0.2, 0.25) is 11.8 Å². The van der Waals surface area contributed by atoms with Crippen LogP contribution in [0, 0.1) is 0 Å². The molecule has 98 valence electrons. The van der Waals surface area contributed by atoms with Gasteiger partial charge >= 0.3 is 6.09 Å². The Labute approximate surface area is 108 Å². The number of imide groups is 3. The summed E-state index contributed by atoms with van der Waals surface area (Å²) < 4.78 is 0. The van der Waals surface area contributed by atoms with Crippen molar-refractivity contribution in [3.05, 3.63) is 35.4 Å². The maximum absolute atomic E-state index is 12.0. The lowest BCUT2D eigenvalue weighted by Gasteiger charge is -2.27. The van der Waals surface area contributed by atoms with E-state index in [1.54, 1.807) is 24.3 Å².